The van der Waals surface area contributed by atoms with E-state index in [1.807, 2.05) is 30.5 Å². The lowest BCUT2D eigenvalue weighted by Crippen LogP contribution is -2.31. The van der Waals surface area contributed by atoms with Gasteiger partial charge in [-0.1, -0.05) is 61.5 Å². The van der Waals surface area contributed by atoms with Crippen LogP contribution < -0.4 is 10.1 Å². The molecule has 2 aliphatic rings. The third kappa shape index (κ3) is 5.70. The summed E-state index contributed by atoms with van der Waals surface area (Å²) in [5, 5.41) is 3.27. The van der Waals surface area contributed by atoms with E-state index in [-0.39, 0.29) is 18.0 Å². The summed E-state index contributed by atoms with van der Waals surface area (Å²) in [5.74, 6) is 1.02. The van der Waals surface area contributed by atoms with Gasteiger partial charge in [0.1, 0.15) is 11.9 Å². The van der Waals surface area contributed by atoms with Gasteiger partial charge in [-0.25, -0.2) is 0 Å². The molecule has 0 aliphatic carbocycles. The molecule has 4 nitrogen and oxygen atoms in total. The molecule has 0 radical (unpaired) electrons. The van der Waals surface area contributed by atoms with E-state index in [1.165, 1.54) is 27.8 Å². The highest BCUT2D eigenvalue weighted by atomic mass is 16.5. The molecular weight excluding hydrogens is 458 g/mol. The van der Waals surface area contributed by atoms with Crippen LogP contribution in [0.15, 0.2) is 66.9 Å². The van der Waals surface area contributed by atoms with E-state index in [2.05, 4.69) is 68.6 Å². The lowest BCUT2D eigenvalue weighted by Gasteiger charge is -2.28. The summed E-state index contributed by atoms with van der Waals surface area (Å²) in [4.78, 5) is 11.6. The Kier molecular flexibility index (Phi) is 7.29. The largest absolute Gasteiger partial charge is 0.490 e. The lowest BCUT2D eigenvalue weighted by molar-refractivity contribution is -0.0252. The van der Waals surface area contributed by atoms with Crippen LogP contribution in [0.5, 0.6) is 5.75 Å². The van der Waals surface area contributed by atoms with Gasteiger partial charge in [-0.15, -0.1) is 0 Å². The van der Waals surface area contributed by atoms with Crippen LogP contribution in [0.4, 0.5) is 0 Å². The first-order chi connectivity index (χ1) is 17.9. The molecule has 190 valence electrons. The fourth-order valence-corrected chi connectivity index (χ4v) is 5.14. The van der Waals surface area contributed by atoms with Crippen molar-refractivity contribution in [1.29, 1.82) is 0 Å². The fourth-order valence-electron chi connectivity index (χ4n) is 5.14. The number of ether oxygens (including phenoxy) is 2. The maximum atomic E-state index is 11.6. The van der Waals surface area contributed by atoms with Crippen molar-refractivity contribution in [3.05, 3.63) is 94.7 Å². The van der Waals surface area contributed by atoms with Crippen LogP contribution >= 0.6 is 0 Å². The van der Waals surface area contributed by atoms with Gasteiger partial charge < -0.3 is 14.8 Å². The van der Waals surface area contributed by atoms with Crippen LogP contribution in [-0.2, 0) is 11.2 Å². The molecule has 2 unspecified atom stereocenters. The summed E-state index contributed by atoms with van der Waals surface area (Å²) in [5.41, 5.74) is 10.2. The SMILES string of the molecule is CCc1c(/C=C(\C)c2ccc(C(C)=O)cc2)cccc1-c1ccc(OC2CCOC(C)C2)c(C2=CN2)c1. The molecule has 1 N–H and O–H groups in total. The van der Waals surface area contributed by atoms with Crippen LogP contribution in [0, 0.1) is 0 Å². The van der Waals surface area contributed by atoms with Gasteiger partial charge >= 0.3 is 0 Å². The van der Waals surface area contributed by atoms with Gasteiger partial charge in [0.25, 0.3) is 0 Å². The van der Waals surface area contributed by atoms with Gasteiger partial charge in [0.15, 0.2) is 5.78 Å². The van der Waals surface area contributed by atoms with Crippen molar-refractivity contribution in [2.75, 3.05) is 6.61 Å². The molecule has 0 amide bonds. The van der Waals surface area contributed by atoms with Gasteiger partial charge in [-0.2, -0.15) is 0 Å². The summed E-state index contributed by atoms with van der Waals surface area (Å²) in [7, 11) is 0. The number of carbonyl (C=O) groups excluding carboxylic acids is 1. The molecule has 0 spiro atoms. The zero-order valence-corrected chi connectivity index (χ0v) is 22.1. The molecule has 1 fully saturated rings. The van der Waals surface area contributed by atoms with Gasteiger partial charge in [0.05, 0.1) is 18.4 Å². The van der Waals surface area contributed by atoms with Crippen molar-refractivity contribution in [2.24, 2.45) is 0 Å². The molecular formula is C33H35NO3. The molecule has 1 saturated heterocycles. The maximum Gasteiger partial charge on any atom is 0.159 e. The number of allylic oxidation sites excluding steroid dienone is 1. The monoisotopic (exact) mass is 493 g/mol. The van der Waals surface area contributed by atoms with Crippen molar-refractivity contribution in [3.63, 3.8) is 0 Å². The average Bonchev–Trinajstić information content (AvgIpc) is 3.74. The molecule has 0 saturated carbocycles. The molecule has 0 aromatic heterocycles. The number of benzene rings is 3. The second-order valence-electron chi connectivity index (χ2n) is 10.0. The standard InChI is InChI=1S/C33H35NO3/c1-5-29-26(17-21(2)24-9-11-25(12-10-24)23(4)35)7-6-8-30(29)27-13-14-33(31(19-27)32-20-34-32)37-28-15-16-36-22(3)18-28/h6-14,17,19-20,22,28,34H,5,15-16,18H2,1-4H3/b21-17+. The number of rotatable bonds is 8. The summed E-state index contributed by atoms with van der Waals surface area (Å²) in [6, 6.07) is 20.9. The number of hydrogen-bond donors (Lipinski definition) is 1. The first kappa shape index (κ1) is 25.0. The predicted octanol–water partition coefficient (Wildman–Crippen LogP) is 7.53. The number of Topliss-reactive ketones (excluding diaryl/α,β-unsaturated/α-hetero) is 1. The minimum atomic E-state index is 0.0874. The third-order valence-electron chi connectivity index (χ3n) is 7.28. The van der Waals surface area contributed by atoms with Crippen LogP contribution in [0.2, 0.25) is 0 Å². The van der Waals surface area contributed by atoms with Crippen molar-refractivity contribution in [2.45, 2.75) is 59.2 Å². The second-order valence-corrected chi connectivity index (χ2v) is 10.0. The van der Waals surface area contributed by atoms with Crippen molar-refractivity contribution >= 4 is 23.1 Å². The topological polar surface area (TPSA) is 57.5 Å². The van der Waals surface area contributed by atoms with Crippen molar-refractivity contribution in [3.8, 4) is 16.9 Å². The molecule has 2 atom stereocenters. The van der Waals surface area contributed by atoms with Crippen LogP contribution in [-0.4, -0.2) is 24.6 Å². The van der Waals surface area contributed by atoms with Crippen LogP contribution in [0.25, 0.3) is 28.5 Å². The molecule has 5 rings (SSSR count). The predicted molar refractivity (Wildman–Crippen MR) is 151 cm³/mol. The number of hydrogen-bond acceptors (Lipinski definition) is 4. The Labute approximate surface area is 220 Å². The Balaban J connectivity index is 1.46. The van der Waals surface area contributed by atoms with Gasteiger partial charge in [0.2, 0.25) is 0 Å². The Morgan fingerprint density at radius 1 is 1.05 bits per heavy atom. The van der Waals surface area contributed by atoms with E-state index in [4.69, 9.17) is 9.47 Å². The third-order valence-corrected chi connectivity index (χ3v) is 7.28. The molecule has 2 heterocycles. The van der Waals surface area contributed by atoms with Crippen LogP contribution in [0.3, 0.4) is 0 Å². The first-order valence-corrected chi connectivity index (χ1v) is 13.2. The quantitative estimate of drug-likeness (QED) is 0.260. The normalized spacial score (nSPS) is 19.1. The minimum absolute atomic E-state index is 0.0874. The van der Waals surface area contributed by atoms with E-state index < -0.39 is 0 Å². The Hall–Kier alpha value is -3.63. The first-order valence-electron chi connectivity index (χ1n) is 13.2. The highest BCUT2D eigenvalue weighted by Crippen LogP contribution is 2.37. The van der Waals surface area contributed by atoms with Crippen molar-refractivity contribution in [1.82, 2.24) is 5.32 Å². The summed E-state index contributed by atoms with van der Waals surface area (Å²) < 4.78 is 12.2. The van der Waals surface area contributed by atoms with Gasteiger partial charge in [-0.3, -0.25) is 4.79 Å². The molecule has 37 heavy (non-hydrogen) atoms. The molecule has 2 aliphatic heterocycles. The van der Waals surface area contributed by atoms with E-state index in [1.54, 1.807) is 6.92 Å². The molecule has 0 bridgehead atoms. The second kappa shape index (κ2) is 10.8. The zero-order valence-electron chi connectivity index (χ0n) is 22.1. The lowest BCUT2D eigenvalue weighted by atomic mass is 9.91. The van der Waals surface area contributed by atoms with Crippen molar-refractivity contribution < 1.29 is 14.3 Å². The van der Waals surface area contributed by atoms with Gasteiger partial charge in [-0.05, 0) is 72.7 Å². The van der Waals surface area contributed by atoms with E-state index in [0.717, 1.165) is 54.0 Å². The average molecular weight is 494 g/mol. The summed E-state index contributed by atoms with van der Waals surface area (Å²) in [6.07, 6.45) is 7.45. The molecule has 3 aromatic carbocycles. The van der Waals surface area contributed by atoms with Gasteiger partial charge in [0, 0.05) is 30.2 Å². The van der Waals surface area contributed by atoms with E-state index in [9.17, 15) is 4.79 Å². The maximum absolute atomic E-state index is 11.6. The Morgan fingerprint density at radius 3 is 2.49 bits per heavy atom. The highest BCUT2D eigenvalue weighted by molar-refractivity contribution is 5.94. The van der Waals surface area contributed by atoms with E-state index in [0.29, 0.717) is 0 Å². The Bertz CT molecular complexity index is 1370. The summed E-state index contributed by atoms with van der Waals surface area (Å²) >= 11 is 0. The van der Waals surface area contributed by atoms with Crippen LogP contribution in [0.1, 0.15) is 73.1 Å². The smallest absolute Gasteiger partial charge is 0.159 e. The number of nitrogens with one attached hydrogen (secondary N) is 1. The number of ketones is 1. The minimum Gasteiger partial charge on any atom is -0.490 e. The molecule has 4 heteroatoms. The van der Waals surface area contributed by atoms with E-state index >= 15 is 0 Å². The fraction of sp³-hybridized carbons (Fsp3) is 0.303. The molecule has 3 aromatic rings. The Morgan fingerprint density at radius 2 is 1.81 bits per heavy atom. The zero-order chi connectivity index (χ0) is 25.9. The highest BCUT2D eigenvalue weighted by Gasteiger charge is 2.24. The number of carbonyl (C=O) groups is 1. The summed E-state index contributed by atoms with van der Waals surface area (Å²) in [6.45, 7) is 8.80.